The number of nitrogens with zero attached hydrogens (tertiary/aromatic N) is 2. The first-order valence-electron chi connectivity index (χ1n) is 9.42. The third-order valence-electron chi connectivity index (χ3n) is 4.76. The molecule has 29 heavy (non-hydrogen) atoms. The zero-order valence-electron chi connectivity index (χ0n) is 16.0. The number of benzene rings is 2. The zero-order chi connectivity index (χ0) is 20.2. The molecule has 2 heterocycles. The van der Waals surface area contributed by atoms with E-state index in [-0.39, 0.29) is 18.4 Å². The highest BCUT2D eigenvalue weighted by molar-refractivity contribution is 6.03. The second kappa shape index (κ2) is 8.14. The summed E-state index contributed by atoms with van der Waals surface area (Å²) in [6.45, 7) is 2.29. The Morgan fingerprint density at radius 2 is 1.83 bits per heavy atom. The minimum absolute atomic E-state index is 0.124. The molecule has 0 saturated carbocycles. The van der Waals surface area contributed by atoms with Crippen LogP contribution in [0.1, 0.15) is 22.8 Å². The summed E-state index contributed by atoms with van der Waals surface area (Å²) in [5.41, 5.74) is 2.89. The predicted octanol–water partition coefficient (Wildman–Crippen LogP) is 3.17. The number of anilines is 1. The van der Waals surface area contributed by atoms with Gasteiger partial charge in [0.2, 0.25) is 12.0 Å². The summed E-state index contributed by atoms with van der Waals surface area (Å²) in [5.74, 6) is 0.264. The molecule has 6 nitrogen and oxygen atoms in total. The molecule has 1 aliphatic rings. The molecule has 2 aromatic carbocycles. The highest BCUT2D eigenvalue weighted by Crippen LogP contribution is 2.36. The van der Waals surface area contributed by atoms with Crippen LogP contribution in [0.2, 0.25) is 0 Å². The van der Waals surface area contributed by atoms with Crippen molar-refractivity contribution in [1.82, 2.24) is 10.3 Å². The quantitative estimate of drug-likeness (QED) is 0.730. The minimum Gasteiger partial charge on any atom is -0.472 e. The SMILES string of the molecule is Cc1ccc(CNC(=O)CN2C(=O)[C@H](c3ccccc3)Oc3cccnc32)cc1. The molecule has 1 aliphatic heterocycles. The van der Waals surface area contributed by atoms with Gasteiger partial charge >= 0.3 is 0 Å². The molecule has 0 unspecified atom stereocenters. The number of nitrogens with one attached hydrogen (secondary N) is 1. The monoisotopic (exact) mass is 387 g/mol. The Morgan fingerprint density at radius 3 is 2.59 bits per heavy atom. The fraction of sp³-hybridized carbons (Fsp3) is 0.174. The van der Waals surface area contributed by atoms with Crippen LogP contribution in [-0.2, 0) is 16.1 Å². The molecule has 146 valence electrons. The number of amides is 2. The van der Waals surface area contributed by atoms with Crippen LogP contribution in [0.15, 0.2) is 72.9 Å². The third-order valence-corrected chi connectivity index (χ3v) is 4.76. The molecule has 0 saturated heterocycles. The highest BCUT2D eigenvalue weighted by Gasteiger charge is 2.37. The Bertz CT molecular complexity index is 1020. The lowest BCUT2D eigenvalue weighted by atomic mass is 10.1. The highest BCUT2D eigenvalue weighted by atomic mass is 16.5. The molecule has 1 aromatic heterocycles. The lowest BCUT2D eigenvalue weighted by Crippen LogP contribution is -2.46. The Balaban J connectivity index is 1.52. The van der Waals surface area contributed by atoms with Crippen LogP contribution >= 0.6 is 0 Å². The zero-order valence-corrected chi connectivity index (χ0v) is 16.0. The predicted molar refractivity (Wildman–Crippen MR) is 109 cm³/mol. The maximum Gasteiger partial charge on any atom is 0.274 e. The van der Waals surface area contributed by atoms with Gasteiger partial charge in [-0.2, -0.15) is 0 Å². The van der Waals surface area contributed by atoms with E-state index in [1.807, 2.05) is 61.5 Å². The Hall–Kier alpha value is -3.67. The van der Waals surface area contributed by atoms with Crippen molar-refractivity contribution < 1.29 is 14.3 Å². The number of ether oxygens (including phenoxy) is 1. The summed E-state index contributed by atoms with van der Waals surface area (Å²) in [4.78, 5) is 31.3. The van der Waals surface area contributed by atoms with E-state index in [4.69, 9.17) is 4.74 Å². The van der Waals surface area contributed by atoms with E-state index in [0.717, 1.165) is 16.7 Å². The first-order chi connectivity index (χ1) is 14.1. The van der Waals surface area contributed by atoms with Crippen molar-refractivity contribution >= 4 is 17.6 Å². The van der Waals surface area contributed by atoms with Gasteiger partial charge in [-0.25, -0.2) is 4.98 Å². The number of hydrogen-bond acceptors (Lipinski definition) is 4. The average molecular weight is 387 g/mol. The second-order valence-electron chi connectivity index (χ2n) is 6.92. The van der Waals surface area contributed by atoms with Crippen molar-refractivity contribution in [3.8, 4) is 5.75 Å². The summed E-state index contributed by atoms with van der Waals surface area (Å²) in [6.07, 6.45) is 0.771. The molecule has 0 bridgehead atoms. The molecule has 0 spiro atoms. The number of aryl methyl sites for hydroxylation is 1. The van der Waals surface area contributed by atoms with Crippen molar-refractivity contribution in [2.75, 3.05) is 11.4 Å². The van der Waals surface area contributed by atoms with Crippen LogP contribution in [-0.4, -0.2) is 23.3 Å². The Kier molecular flexibility index (Phi) is 5.24. The fourth-order valence-electron chi connectivity index (χ4n) is 3.20. The van der Waals surface area contributed by atoms with Crippen molar-refractivity contribution in [3.05, 3.63) is 89.6 Å². The van der Waals surface area contributed by atoms with E-state index < -0.39 is 6.10 Å². The van der Waals surface area contributed by atoms with Crippen LogP contribution in [0.4, 0.5) is 5.82 Å². The molecule has 3 aromatic rings. The number of pyridine rings is 1. The van der Waals surface area contributed by atoms with Gasteiger partial charge in [-0.05, 0) is 24.6 Å². The third kappa shape index (κ3) is 4.11. The van der Waals surface area contributed by atoms with Crippen LogP contribution in [0.3, 0.4) is 0 Å². The van der Waals surface area contributed by atoms with Crippen molar-refractivity contribution in [1.29, 1.82) is 0 Å². The average Bonchev–Trinajstić information content (AvgIpc) is 2.76. The summed E-state index contributed by atoms with van der Waals surface area (Å²) < 4.78 is 5.90. The standard InChI is InChI=1S/C23H21N3O3/c1-16-9-11-17(12-10-16)14-25-20(27)15-26-22-19(8-5-13-24-22)29-21(23(26)28)18-6-3-2-4-7-18/h2-13,21H,14-15H2,1H3,(H,25,27)/t21-/m0/s1. The van der Waals surface area contributed by atoms with Gasteiger partial charge in [0.25, 0.3) is 5.91 Å². The normalized spacial score (nSPS) is 15.4. The summed E-state index contributed by atoms with van der Waals surface area (Å²) in [7, 11) is 0. The number of fused-ring (bicyclic) bond motifs is 1. The summed E-state index contributed by atoms with van der Waals surface area (Å²) in [5, 5.41) is 2.87. The lowest BCUT2D eigenvalue weighted by Gasteiger charge is -2.33. The van der Waals surface area contributed by atoms with Gasteiger partial charge in [0.05, 0.1) is 0 Å². The van der Waals surface area contributed by atoms with Crippen LogP contribution in [0, 0.1) is 6.92 Å². The molecular weight excluding hydrogens is 366 g/mol. The molecule has 0 radical (unpaired) electrons. The number of rotatable bonds is 5. The Labute approximate surface area is 169 Å². The second-order valence-corrected chi connectivity index (χ2v) is 6.92. The van der Waals surface area contributed by atoms with Gasteiger partial charge in [-0.15, -0.1) is 0 Å². The van der Waals surface area contributed by atoms with Crippen molar-refractivity contribution in [3.63, 3.8) is 0 Å². The maximum absolute atomic E-state index is 13.1. The molecule has 1 atom stereocenters. The molecule has 6 heteroatoms. The molecule has 0 fully saturated rings. The summed E-state index contributed by atoms with van der Waals surface area (Å²) >= 11 is 0. The molecule has 2 amide bonds. The van der Waals surface area contributed by atoms with E-state index >= 15 is 0 Å². The molecule has 0 aliphatic carbocycles. The maximum atomic E-state index is 13.1. The van der Waals surface area contributed by atoms with Gasteiger partial charge in [-0.3, -0.25) is 14.5 Å². The first-order valence-corrected chi connectivity index (χ1v) is 9.42. The van der Waals surface area contributed by atoms with Crippen molar-refractivity contribution in [2.45, 2.75) is 19.6 Å². The van der Waals surface area contributed by atoms with E-state index in [1.165, 1.54) is 4.90 Å². The fourth-order valence-corrected chi connectivity index (χ4v) is 3.20. The van der Waals surface area contributed by atoms with Gasteiger partial charge in [0, 0.05) is 18.3 Å². The van der Waals surface area contributed by atoms with Gasteiger partial charge in [0.1, 0.15) is 6.54 Å². The van der Waals surface area contributed by atoms with Crippen LogP contribution in [0.25, 0.3) is 0 Å². The smallest absolute Gasteiger partial charge is 0.274 e. The topological polar surface area (TPSA) is 71.5 Å². The van der Waals surface area contributed by atoms with Gasteiger partial charge in [0.15, 0.2) is 11.6 Å². The van der Waals surface area contributed by atoms with Crippen LogP contribution < -0.4 is 15.0 Å². The van der Waals surface area contributed by atoms with E-state index in [1.54, 1.807) is 18.3 Å². The number of hydrogen-bond donors (Lipinski definition) is 1. The Morgan fingerprint density at radius 1 is 1.07 bits per heavy atom. The van der Waals surface area contributed by atoms with Gasteiger partial charge in [-0.1, -0.05) is 60.2 Å². The largest absolute Gasteiger partial charge is 0.472 e. The van der Waals surface area contributed by atoms with Crippen molar-refractivity contribution in [2.24, 2.45) is 0 Å². The first kappa shape index (κ1) is 18.7. The number of carbonyl (C=O) groups is 2. The van der Waals surface area contributed by atoms with Gasteiger partial charge < -0.3 is 10.1 Å². The molecule has 4 rings (SSSR count). The number of aromatic nitrogens is 1. The van der Waals surface area contributed by atoms with E-state index in [0.29, 0.717) is 18.1 Å². The molecule has 1 N–H and O–H groups in total. The van der Waals surface area contributed by atoms with Crippen LogP contribution in [0.5, 0.6) is 5.75 Å². The minimum atomic E-state index is -0.808. The lowest BCUT2D eigenvalue weighted by molar-refractivity contribution is -0.129. The number of carbonyl (C=O) groups excluding carboxylic acids is 2. The van der Waals surface area contributed by atoms with E-state index in [2.05, 4.69) is 10.3 Å². The van der Waals surface area contributed by atoms with E-state index in [9.17, 15) is 9.59 Å². The molecular formula is C23H21N3O3. The summed E-state index contributed by atoms with van der Waals surface area (Å²) in [6, 6.07) is 20.7.